The SMILES string of the molecule is CC(CCl)N(C)c1ccc(S(=O)(=O)N(C)C)cc1. The molecule has 0 saturated heterocycles. The topological polar surface area (TPSA) is 40.6 Å². The number of nitrogens with zero attached hydrogens (tertiary/aromatic N) is 2. The number of anilines is 1. The van der Waals surface area contributed by atoms with Crippen molar-refractivity contribution >= 4 is 27.3 Å². The second-order valence-electron chi connectivity index (χ2n) is 4.40. The molecule has 0 aliphatic heterocycles. The van der Waals surface area contributed by atoms with Crippen molar-refractivity contribution in [3.8, 4) is 0 Å². The molecule has 0 heterocycles. The molecule has 0 radical (unpaired) electrons. The van der Waals surface area contributed by atoms with Crippen molar-refractivity contribution in [3.05, 3.63) is 24.3 Å². The van der Waals surface area contributed by atoms with Gasteiger partial charge in [0.25, 0.3) is 0 Å². The first-order valence-electron chi connectivity index (χ1n) is 5.62. The number of hydrogen-bond acceptors (Lipinski definition) is 3. The molecule has 0 saturated carbocycles. The summed E-state index contributed by atoms with van der Waals surface area (Å²) in [5, 5.41) is 0. The van der Waals surface area contributed by atoms with Crippen molar-refractivity contribution in [1.82, 2.24) is 4.31 Å². The van der Waals surface area contributed by atoms with Crippen LogP contribution >= 0.6 is 11.6 Å². The maximum atomic E-state index is 11.9. The standard InChI is InChI=1S/C12H19ClN2O2S/c1-10(9-13)15(4)11-5-7-12(8-6-11)18(16,17)14(2)3/h5-8,10H,9H2,1-4H3. The van der Waals surface area contributed by atoms with Crippen molar-refractivity contribution in [2.45, 2.75) is 17.9 Å². The van der Waals surface area contributed by atoms with E-state index in [9.17, 15) is 8.42 Å². The highest BCUT2D eigenvalue weighted by molar-refractivity contribution is 7.89. The Morgan fingerprint density at radius 2 is 1.67 bits per heavy atom. The van der Waals surface area contributed by atoms with Crippen LogP contribution in [0.5, 0.6) is 0 Å². The lowest BCUT2D eigenvalue weighted by molar-refractivity contribution is 0.521. The average molecular weight is 291 g/mol. The van der Waals surface area contributed by atoms with Crippen molar-refractivity contribution < 1.29 is 8.42 Å². The summed E-state index contributed by atoms with van der Waals surface area (Å²) >= 11 is 5.80. The Bertz CT molecular complexity index is 485. The van der Waals surface area contributed by atoms with Crippen LogP contribution in [0, 0.1) is 0 Å². The van der Waals surface area contributed by atoms with Crippen LogP contribution in [-0.2, 0) is 10.0 Å². The third-order valence-electron chi connectivity index (χ3n) is 2.91. The van der Waals surface area contributed by atoms with Gasteiger partial charge >= 0.3 is 0 Å². The molecule has 0 aromatic heterocycles. The van der Waals surface area contributed by atoms with Gasteiger partial charge in [-0.2, -0.15) is 0 Å². The van der Waals surface area contributed by atoms with Gasteiger partial charge in [-0.25, -0.2) is 12.7 Å². The van der Waals surface area contributed by atoms with Gasteiger partial charge in [-0.1, -0.05) is 0 Å². The van der Waals surface area contributed by atoms with Gasteiger partial charge in [0.2, 0.25) is 10.0 Å². The summed E-state index contributed by atoms with van der Waals surface area (Å²) < 4.78 is 25.0. The van der Waals surface area contributed by atoms with E-state index in [-0.39, 0.29) is 6.04 Å². The molecule has 0 bridgehead atoms. The van der Waals surface area contributed by atoms with Gasteiger partial charge in [0.15, 0.2) is 0 Å². The minimum atomic E-state index is -3.36. The second kappa shape index (κ2) is 5.91. The van der Waals surface area contributed by atoms with Crippen LogP contribution in [0.25, 0.3) is 0 Å². The molecule has 18 heavy (non-hydrogen) atoms. The zero-order chi connectivity index (χ0) is 13.9. The van der Waals surface area contributed by atoms with Gasteiger partial charge in [-0.05, 0) is 31.2 Å². The number of sulfonamides is 1. The lowest BCUT2D eigenvalue weighted by Crippen LogP contribution is -2.30. The summed E-state index contributed by atoms with van der Waals surface area (Å²) in [6.45, 7) is 2.01. The summed E-state index contributed by atoms with van der Waals surface area (Å²) in [7, 11) is 1.61. The van der Waals surface area contributed by atoms with E-state index in [1.54, 1.807) is 24.3 Å². The van der Waals surface area contributed by atoms with Crippen molar-refractivity contribution in [1.29, 1.82) is 0 Å². The predicted octanol–water partition coefficient (Wildman–Crippen LogP) is 2.00. The van der Waals surface area contributed by atoms with Gasteiger partial charge in [0.1, 0.15) is 0 Å². The Hall–Kier alpha value is -0.780. The number of rotatable bonds is 5. The highest BCUT2D eigenvalue weighted by Gasteiger charge is 2.17. The molecule has 0 spiro atoms. The van der Waals surface area contributed by atoms with Crippen LogP contribution in [-0.4, -0.2) is 45.8 Å². The number of hydrogen-bond donors (Lipinski definition) is 0. The third kappa shape index (κ3) is 3.16. The fourth-order valence-corrected chi connectivity index (χ4v) is 2.53. The quantitative estimate of drug-likeness (QED) is 0.779. The monoisotopic (exact) mass is 290 g/mol. The Morgan fingerprint density at radius 1 is 1.17 bits per heavy atom. The molecule has 0 aliphatic carbocycles. The van der Waals surface area contributed by atoms with Crippen LogP contribution in [0.4, 0.5) is 5.69 Å². The van der Waals surface area contributed by atoms with Crippen LogP contribution < -0.4 is 4.90 Å². The first-order chi connectivity index (χ1) is 8.30. The number of halogens is 1. The fraction of sp³-hybridized carbons (Fsp3) is 0.500. The molecule has 1 aromatic rings. The van der Waals surface area contributed by atoms with Gasteiger partial charge < -0.3 is 4.90 Å². The highest BCUT2D eigenvalue weighted by Crippen LogP contribution is 2.20. The summed E-state index contributed by atoms with van der Waals surface area (Å²) in [5.41, 5.74) is 0.945. The van der Waals surface area contributed by atoms with E-state index in [4.69, 9.17) is 11.6 Å². The molecule has 0 aliphatic rings. The van der Waals surface area contributed by atoms with Crippen molar-refractivity contribution in [2.75, 3.05) is 31.9 Å². The molecule has 1 atom stereocenters. The van der Waals surface area contributed by atoms with E-state index >= 15 is 0 Å². The number of alkyl halides is 1. The molecule has 1 unspecified atom stereocenters. The Labute approximate surface area is 114 Å². The number of benzene rings is 1. The molecular formula is C12H19ClN2O2S. The molecule has 1 aromatic carbocycles. The molecule has 0 fully saturated rings. The van der Waals surface area contributed by atoms with E-state index in [2.05, 4.69) is 0 Å². The summed E-state index contributed by atoms with van der Waals surface area (Å²) in [6, 6.07) is 7.01. The summed E-state index contributed by atoms with van der Waals surface area (Å²) in [5.74, 6) is 0.522. The van der Waals surface area contributed by atoms with E-state index < -0.39 is 10.0 Å². The first-order valence-corrected chi connectivity index (χ1v) is 7.59. The fourth-order valence-electron chi connectivity index (χ4n) is 1.42. The molecule has 0 N–H and O–H groups in total. The third-order valence-corrected chi connectivity index (χ3v) is 5.18. The first kappa shape index (κ1) is 15.3. The smallest absolute Gasteiger partial charge is 0.242 e. The van der Waals surface area contributed by atoms with Crippen LogP contribution in [0.15, 0.2) is 29.2 Å². The maximum Gasteiger partial charge on any atom is 0.242 e. The summed E-state index contributed by atoms with van der Waals surface area (Å²) in [6.07, 6.45) is 0. The van der Waals surface area contributed by atoms with Gasteiger partial charge in [0.05, 0.1) is 4.90 Å². The van der Waals surface area contributed by atoms with Crippen LogP contribution in [0.1, 0.15) is 6.92 Å². The van der Waals surface area contributed by atoms with E-state index in [1.165, 1.54) is 18.4 Å². The lowest BCUT2D eigenvalue weighted by atomic mass is 10.2. The average Bonchev–Trinajstić information content (AvgIpc) is 2.36. The Morgan fingerprint density at radius 3 is 2.06 bits per heavy atom. The zero-order valence-corrected chi connectivity index (χ0v) is 12.7. The molecule has 4 nitrogen and oxygen atoms in total. The van der Waals surface area contributed by atoms with Gasteiger partial charge in [0, 0.05) is 38.8 Å². The van der Waals surface area contributed by atoms with Gasteiger partial charge in [-0.3, -0.25) is 0 Å². The van der Waals surface area contributed by atoms with Crippen molar-refractivity contribution in [2.24, 2.45) is 0 Å². The largest absolute Gasteiger partial charge is 0.371 e. The van der Waals surface area contributed by atoms with Crippen LogP contribution in [0.3, 0.4) is 0 Å². The molecular weight excluding hydrogens is 272 g/mol. The van der Waals surface area contributed by atoms with E-state index in [1.807, 2.05) is 18.9 Å². The summed E-state index contributed by atoms with van der Waals surface area (Å²) in [4.78, 5) is 2.31. The Kier molecular flexibility index (Phi) is 5.01. The Balaban J connectivity index is 3.01. The lowest BCUT2D eigenvalue weighted by Gasteiger charge is -2.25. The minimum Gasteiger partial charge on any atom is -0.371 e. The van der Waals surface area contributed by atoms with Crippen molar-refractivity contribution in [3.63, 3.8) is 0 Å². The minimum absolute atomic E-state index is 0.197. The molecule has 0 amide bonds. The molecule has 102 valence electrons. The molecule has 1 rings (SSSR count). The van der Waals surface area contributed by atoms with Crippen LogP contribution in [0.2, 0.25) is 0 Å². The van der Waals surface area contributed by atoms with E-state index in [0.717, 1.165) is 5.69 Å². The predicted molar refractivity (Wildman–Crippen MR) is 75.9 cm³/mol. The second-order valence-corrected chi connectivity index (χ2v) is 6.86. The van der Waals surface area contributed by atoms with E-state index in [0.29, 0.717) is 10.8 Å². The maximum absolute atomic E-state index is 11.9. The normalized spacial score (nSPS) is 13.7. The molecule has 6 heteroatoms. The highest BCUT2D eigenvalue weighted by atomic mass is 35.5. The zero-order valence-electron chi connectivity index (χ0n) is 11.1. The van der Waals surface area contributed by atoms with Gasteiger partial charge in [-0.15, -0.1) is 11.6 Å².